The molecule has 2 rings (SSSR count). The fourth-order valence-electron chi connectivity index (χ4n) is 2.73. The Kier molecular flexibility index (Phi) is 4.82. The van der Waals surface area contributed by atoms with Crippen LogP contribution in [0.4, 0.5) is 0 Å². The number of nitrogens with one attached hydrogen (secondary N) is 1. The zero-order valence-corrected chi connectivity index (χ0v) is 13.2. The molecule has 1 aromatic rings. The molecule has 6 nitrogen and oxygen atoms in total. The fraction of sp³-hybridized carbons (Fsp3) is 0.769. The number of aryl methyl sites for hydroxylation is 1. The van der Waals surface area contributed by atoms with Crippen molar-refractivity contribution < 1.29 is 8.42 Å². The first-order valence-electron chi connectivity index (χ1n) is 7.16. The van der Waals surface area contributed by atoms with Crippen molar-refractivity contribution in [1.29, 1.82) is 0 Å². The summed E-state index contributed by atoms with van der Waals surface area (Å²) in [6, 6.07) is 2.60. The number of sulfonamides is 1. The minimum absolute atomic E-state index is 0.191. The third kappa shape index (κ3) is 3.39. The van der Waals surface area contributed by atoms with Gasteiger partial charge in [0.2, 0.25) is 10.0 Å². The predicted molar refractivity (Wildman–Crippen MR) is 78.8 cm³/mol. The second kappa shape index (κ2) is 6.24. The van der Waals surface area contributed by atoms with E-state index < -0.39 is 10.0 Å². The van der Waals surface area contributed by atoms with E-state index in [0.717, 1.165) is 18.5 Å². The van der Waals surface area contributed by atoms with Gasteiger partial charge in [-0.1, -0.05) is 0 Å². The van der Waals surface area contributed by atoms with Gasteiger partial charge in [-0.2, -0.15) is 5.10 Å². The molecule has 0 bridgehead atoms. The number of hydrogen-bond donors (Lipinski definition) is 1. The van der Waals surface area contributed by atoms with Crippen molar-refractivity contribution in [3.8, 4) is 0 Å². The lowest BCUT2D eigenvalue weighted by atomic mass is 10.1. The van der Waals surface area contributed by atoms with Crippen LogP contribution in [-0.4, -0.2) is 47.4 Å². The summed E-state index contributed by atoms with van der Waals surface area (Å²) in [6.45, 7) is 5.05. The molecule has 0 aromatic carbocycles. The predicted octanol–water partition coefficient (Wildman–Crippen LogP) is 0.885. The third-order valence-electron chi connectivity index (χ3n) is 4.00. The van der Waals surface area contributed by atoms with Gasteiger partial charge in [0, 0.05) is 38.4 Å². The molecule has 0 spiro atoms. The zero-order valence-electron chi connectivity index (χ0n) is 12.4. The summed E-state index contributed by atoms with van der Waals surface area (Å²) in [5, 5.41) is 7.75. The topological polar surface area (TPSA) is 67.2 Å². The first-order chi connectivity index (χ1) is 9.44. The maximum absolute atomic E-state index is 11.8. The summed E-state index contributed by atoms with van der Waals surface area (Å²) < 4.78 is 27.1. The number of nitrogens with zero attached hydrogens (tertiary/aromatic N) is 3. The zero-order chi connectivity index (χ0) is 14.8. The second-order valence-electron chi connectivity index (χ2n) is 5.34. The maximum atomic E-state index is 11.8. The Hall–Kier alpha value is -0.920. The van der Waals surface area contributed by atoms with Crippen molar-refractivity contribution in [2.24, 2.45) is 7.05 Å². The molecule has 20 heavy (non-hydrogen) atoms. The summed E-state index contributed by atoms with van der Waals surface area (Å²) in [6.07, 6.45) is 3.52. The molecule has 1 saturated heterocycles. The molecule has 7 heteroatoms. The van der Waals surface area contributed by atoms with E-state index in [0.29, 0.717) is 19.1 Å². The number of rotatable bonds is 5. The van der Waals surface area contributed by atoms with Gasteiger partial charge < -0.3 is 5.32 Å². The third-order valence-corrected chi connectivity index (χ3v) is 5.88. The SMILES string of the molecule is CCS(=O)(=O)N1CCC(NC(C)c2ccnn2C)CC1. The molecular formula is C13H24N4O2S. The van der Waals surface area contributed by atoms with Gasteiger partial charge in [-0.3, -0.25) is 4.68 Å². The highest BCUT2D eigenvalue weighted by molar-refractivity contribution is 7.89. The van der Waals surface area contributed by atoms with Crippen molar-refractivity contribution in [3.63, 3.8) is 0 Å². The van der Waals surface area contributed by atoms with Crippen LogP contribution in [0.1, 0.15) is 38.4 Å². The first-order valence-corrected chi connectivity index (χ1v) is 8.76. The minimum atomic E-state index is -3.03. The van der Waals surface area contributed by atoms with Crippen LogP contribution in [0.25, 0.3) is 0 Å². The van der Waals surface area contributed by atoms with Gasteiger partial charge in [-0.15, -0.1) is 0 Å². The summed E-state index contributed by atoms with van der Waals surface area (Å²) in [4.78, 5) is 0. The van der Waals surface area contributed by atoms with Gasteiger partial charge in [0.15, 0.2) is 0 Å². The van der Waals surface area contributed by atoms with Gasteiger partial charge in [0.25, 0.3) is 0 Å². The van der Waals surface area contributed by atoms with Crippen LogP contribution in [-0.2, 0) is 17.1 Å². The monoisotopic (exact) mass is 300 g/mol. The summed E-state index contributed by atoms with van der Waals surface area (Å²) in [5.74, 6) is 0.191. The molecule has 1 aliphatic rings. The fourth-order valence-corrected chi connectivity index (χ4v) is 3.86. The minimum Gasteiger partial charge on any atom is -0.306 e. The number of hydrogen-bond acceptors (Lipinski definition) is 4. The molecule has 0 aliphatic carbocycles. The molecule has 1 atom stereocenters. The van der Waals surface area contributed by atoms with E-state index in [4.69, 9.17) is 0 Å². The van der Waals surface area contributed by atoms with Crippen LogP contribution >= 0.6 is 0 Å². The van der Waals surface area contributed by atoms with Crippen molar-refractivity contribution in [1.82, 2.24) is 19.4 Å². The molecule has 1 aromatic heterocycles. The Morgan fingerprint density at radius 3 is 2.60 bits per heavy atom. The standard InChI is InChI=1S/C13H24N4O2S/c1-4-20(18,19)17-9-6-12(7-10-17)15-11(2)13-5-8-14-16(13)3/h5,8,11-12,15H,4,6-7,9-10H2,1-3H3. The quantitative estimate of drug-likeness (QED) is 0.877. The van der Waals surface area contributed by atoms with Crippen LogP contribution < -0.4 is 5.32 Å². The highest BCUT2D eigenvalue weighted by atomic mass is 32.2. The Morgan fingerprint density at radius 2 is 2.10 bits per heavy atom. The molecule has 1 unspecified atom stereocenters. The molecule has 114 valence electrons. The van der Waals surface area contributed by atoms with E-state index in [1.165, 1.54) is 0 Å². The van der Waals surface area contributed by atoms with E-state index in [9.17, 15) is 8.42 Å². The van der Waals surface area contributed by atoms with Crippen LogP contribution in [0.2, 0.25) is 0 Å². The average Bonchev–Trinajstić information content (AvgIpc) is 2.85. The van der Waals surface area contributed by atoms with Gasteiger partial charge in [-0.05, 0) is 32.8 Å². The Bertz CT molecular complexity index is 532. The normalized spacial score (nSPS) is 20.1. The van der Waals surface area contributed by atoms with Crippen molar-refractivity contribution in [2.75, 3.05) is 18.8 Å². The summed E-state index contributed by atoms with van der Waals surface area (Å²) in [5.41, 5.74) is 1.15. The highest BCUT2D eigenvalue weighted by Crippen LogP contribution is 2.18. The molecular weight excluding hydrogens is 276 g/mol. The van der Waals surface area contributed by atoms with Crippen LogP contribution in [0, 0.1) is 0 Å². The first kappa shape index (κ1) is 15.5. The van der Waals surface area contributed by atoms with Crippen LogP contribution in [0.15, 0.2) is 12.3 Å². The molecule has 1 N–H and O–H groups in total. The van der Waals surface area contributed by atoms with Gasteiger partial charge in [0.05, 0.1) is 11.4 Å². The van der Waals surface area contributed by atoms with Gasteiger partial charge in [-0.25, -0.2) is 12.7 Å². The van der Waals surface area contributed by atoms with E-state index in [1.54, 1.807) is 17.4 Å². The lowest BCUT2D eigenvalue weighted by Crippen LogP contribution is -2.46. The van der Waals surface area contributed by atoms with Crippen molar-refractivity contribution in [3.05, 3.63) is 18.0 Å². The molecule has 0 saturated carbocycles. The van der Waals surface area contributed by atoms with E-state index in [2.05, 4.69) is 17.3 Å². The Labute approximate surface area is 121 Å². The molecule has 2 heterocycles. The van der Waals surface area contributed by atoms with E-state index >= 15 is 0 Å². The molecule has 1 aliphatic heterocycles. The summed E-state index contributed by atoms with van der Waals surface area (Å²) in [7, 11) is -1.10. The Morgan fingerprint density at radius 1 is 1.45 bits per heavy atom. The number of piperidine rings is 1. The smallest absolute Gasteiger partial charge is 0.213 e. The summed E-state index contributed by atoms with van der Waals surface area (Å²) >= 11 is 0. The molecule has 0 amide bonds. The second-order valence-corrected chi connectivity index (χ2v) is 7.60. The average molecular weight is 300 g/mol. The highest BCUT2D eigenvalue weighted by Gasteiger charge is 2.27. The largest absolute Gasteiger partial charge is 0.306 e. The van der Waals surface area contributed by atoms with E-state index in [-0.39, 0.29) is 11.8 Å². The van der Waals surface area contributed by atoms with E-state index in [1.807, 2.05) is 17.8 Å². The lowest BCUT2D eigenvalue weighted by Gasteiger charge is -2.33. The number of aromatic nitrogens is 2. The van der Waals surface area contributed by atoms with Gasteiger partial charge >= 0.3 is 0 Å². The van der Waals surface area contributed by atoms with Crippen LogP contribution in [0.3, 0.4) is 0 Å². The van der Waals surface area contributed by atoms with Crippen molar-refractivity contribution in [2.45, 2.75) is 38.8 Å². The molecule has 1 fully saturated rings. The van der Waals surface area contributed by atoms with Crippen LogP contribution in [0.5, 0.6) is 0 Å². The van der Waals surface area contributed by atoms with Crippen molar-refractivity contribution >= 4 is 10.0 Å². The maximum Gasteiger partial charge on any atom is 0.213 e. The molecule has 0 radical (unpaired) electrons. The lowest BCUT2D eigenvalue weighted by molar-refractivity contribution is 0.275. The van der Waals surface area contributed by atoms with Gasteiger partial charge in [0.1, 0.15) is 0 Å². The Balaban J connectivity index is 1.88.